The SMILES string of the molecule is CCN(CC)Cc1ccc(-c2ncc(-c3ccc(OCC=C(C)C)cc3)o2)nc1. The van der Waals surface area contributed by atoms with Crippen molar-refractivity contribution in [2.75, 3.05) is 19.7 Å². The third kappa shape index (κ3) is 5.78. The van der Waals surface area contributed by atoms with Crippen LogP contribution in [0.4, 0.5) is 0 Å². The first kappa shape index (κ1) is 20.8. The van der Waals surface area contributed by atoms with Gasteiger partial charge >= 0.3 is 0 Å². The van der Waals surface area contributed by atoms with Crippen molar-refractivity contribution in [1.82, 2.24) is 14.9 Å². The Kier molecular flexibility index (Phi) is 7.19. The Bertz CT molecular complexity index is 920. The summed E-state index contributed by atoms with van der Waals surface area (Å²) in [5.74, 6) is 2.07. The average Bonchev–Trinajstić information content (AvgIpc) is 3.23. The molecular weight excluding hydrogens is 362 g/mol. The van der Waals surface area contributed by atoms with E-state index >= 15 is 0 Å². The second kappa shape index (κ2) is 10.0. The van der Waals surface area contributed by atoms with Gasteiger partial charge in [0.25, 0.3) is 0 Å². The fourth-order valence-corrected chi connectivity index (χ4v) is 2.90. The fourth-order valence-electron chi connectivity index (χ4n) is 2.90. The van der Waals surface area contributed by atoms with Crippen molar-refractivity contribution in [3.8, 4) is 28.7 Å². The molecule has 3 aromatic rings. The van der Waals surface area contributed by atoms with Crippen LogP contribution >= 0.6 is 0 Å². The van der Waals surface area contributed by atoms with Crippen LogP contribution in [-0.2, 0) is 6.54 Å². The normalized spacial score (nSPS) is 10.9. The number of hydrogen-bond donors (Lipinski definition) is 0. The highest BCUT2D eigenvalue weighted by Gasteiger charge is 2.10. The predicted octanol–water partition coefficient (Wildman–Crippen LogP) is 5.59. The van der Waals surface area contributed by atoms with Gasteiger partial charge in [-0.05, 0) is 68.9 Å². The molecule has 3 rings (SSSR count). The van der Waals surface area contributed by atoms with E-state index in [9.17, 15) is 0 Å². The van der Waals surface area contributed by atoms with Crippen molar-refractivity contribution in [3.05, 3.63) is 66.0 Å². The number of hydrogen-bond acceptors (Lipinski definition) is 5. The third-order valence-electron chi connectivity index (χ3n) is 4.73. The van der Waals surface area contributed by atoms with Crippen LogP contribution in [0.2, 0.25) is 0 Å². The summed E-state index contributed by atoms with van der Waals surface area (Å²) in [5.41, 5.74) is 4.12. The van der Waals surface area contributed by atoms with Crippen molar-refractivity contribution < 1.29 is 9.15 Å². The quantitative estimate of drug-likeness (QED) is 0.445. The summed E-state index contributed by atoms with van der Waals surface area (Å²) >= 11 is 0. The van der Waals surface area contributed by atoms with Crippen molar-refractivity contribution in [2.24, 2.45) is 0 Å². The first-order chi connectivity index (χ1) is 14.1. The molecule has 0 atom stereocenters. The topological polar surface area (TPSA) is 51.4 Å². The number of nitrogens with zero attached hydrogens (tertiary/aromatic N) is 3. The molecule has 2 aromatic heterocycles. The summed E-state index contributed by atoms with van der Waals surface area (Å²) in [6.07, 6.45) is 5.69. The lowest BCUT2D eigenvalue weighted by molar-refractivity contribution is 0.295. The second-order valence-corrected chi connectivity index (χ2v) is 7.16. The van der Waals surface area contributed by atoms with Gasteiger partial charge in [-0.2, -0.15) is 0 Å². The highest BCUT2D eigenvalue weighted by Crippen LogP contribution is 2.26. The Balaban J connectivity index is 1.66. The molecule has 0 amide bonds. The van der Waals surface area contributed by atoms with Crippen LogP contribution in [-0.4, -0.2) is 34.6 Å². The van der Waals surface area contributed by atoms with Crippen LogP contribution in [0.1, 0.15) is 33.3 Å². The number of oxazole rings is 1. The lowest BCUT2D eigenvalue weighted by Gasteiger charge is -2.17. The van der Waals surface area contributed by atoms with Crippen LogP contribution < -0.4 is 4.74 Å². The van der Waals surface area contributed by atoms with Crippen molar-refractivity contribution >= 4 is 0 Å². The number of ether oxygens (including phenoxy) is 1. The van der Waals surface area contributed by atoms with Gasteiger partial charge in [-0.25, -0.2) is 4.98 Å². The Labute approximate surface area is 173 Å². The Morgan fingerprint density at radius 2 is 1.76 bits per heavy atom. The maximum atomic E-state index is 5.94. The fraction of sp³-hybridized carbons (Fsp3) is 0.333. The minimum Gasteiger partial charge on any atom is -0.490 e. The van der Waals surface area contributed by atoms with E-state index in [0.717, 1.165) is 36.6 Å². The summed E-state index contributed by atoms with van der Waals surface area (Å²) in [6.45, 7) is 12.0. The zero-order valence-corrected chi connectivity index (χ0v) is 17.7. The van der Waals surface area contributed by atoms with E-state index in [1.54, 1.807) is 6.20 Å². The molecule has 0 unspecified atom stereocenters. The zero-order chi connectivity index (χ0) is 20.6. The van der Waals surface area contributed by atoms with E-state index in [1.165, 1.54) is 11.1 Å². The van der Waals surface area contributed by atoms with Gasteiger partial charge in [-0.15, -0.1) is 0 Å². The minimum atomic E-state index is 0.526. The molecular formula is C24H29N3O2. The molecule has 0 fully saturated rings. The molecule has 152 valence electrons. The van der Waals surface area contributed by atoms with Gasteiger partial charge in [-0.1, -0.05) is 25.5 Å². The van der Waals surface area contributed by atoms with Crippen LogP contribution in [0.5, 0.6) is 5.75 Å². The van der Waals surface area contributed by atoms with E-state index in [1.807, 2.05) is 36.5 Å². The summed E-state index contributed by atoms with van der Waals surface area (Å²) in [5, 5.41) is 0. The van der Waals surface area contributed by atoms with Crippen LogP contribution in [0.25, 0.3) is 22.9 Å². The maximum Gasteiger partial charge on any atom is 0.245 e. The summed E-state index contributed by atoms with van der Waals surface area (Å²) in [6, 6.07) is 11.9. The van der Waals surface area contributed by atoms with E-state index < -0.39 is 0 Å². The lowest BCUT2D eigenvalue weighted by Crippen LogP contribution is -2.22. The van der Waals surface area contributed by atoms with E-state index in [-0.39, 0.29) is 0 Å². The highest BCUT2D eigenvalue weighted by molar-refractivity contribution is 5.60. The van der Waals surface area contributed by atoms with Gasteiger partial charge in [0, 0.05) is 18.3 Å². The zero-order valence-electron chi connectivity index (χ0n) is 17.7. The van der Waals surface area contributed by atoms with Gasteiger partial charge < -0.3 is 9.15 Å². The highest BCUT2D eigenvalue weighted by atomic mass is 16.5. The monoisotopic (exact) mass is 391 g/mol. The number of pyridine rings is 1. The molecule has 0 radical (unpaired) electrons. The lowest BCUT2D eigenvalue weighted by atomic mass is 10.2. The predicted molar refractivity (Wildman–Crippen MR) is 117 cm³/mol. The van der Waals surface area contributed by atoms with Gasteiger partial charge in [0.1, 0.15) is 18.1 Å². The standard InChI is InChI=1S/C24H29N3O2/c1-5-27(6-2)17-19-7-12-22(25-15-19)24-26-16-23(29-24)20-8-10-21(11-9-20)28-14-13-18(3)4/h7-13,15-16H,5-6,14,17H2,1-4H3. The third-order valence-corrected chi connectivity index (χ3v) is 4.73. The first-order valence-electron chi connectivity index (χ1n) is 10.1. The molecule has 5 heteroatoms. The number of rotatable bonds is 9. The summed E-state index contributed by atoms with van der Waals surface area (Å²) in [7, 11) is 0. The van der Waals surface area contributed by atoms with Crippen LogP contribution in [0.3, 0.4) is 0 Å². The smallest absolute Gasteiger partial charge is 0.245 e. The van der Waals surface area contributed by atoms with Crippen molar-refractivity contribution in [2.45, 2.75) is 34.2 Å². The van der Waals surface area contributed by atoms with Gasteiger partial charge in [0.05, 0.1) is 6.20 Å². The number of aromatic nitrogens is 2. The molecule has 0 aliphatic carbocycles. The molecule has 0 aliphatic rings. The molecule has 5 nitrogen and oxygen atoms in total. The number of benzene rings is 1. The molecule has 0 bridgehead atoms. The molecule has 2 heterocycles. The molecule has 29 heavy (non-hydrogen) atoms. The Morgan fingerprint density at radius 3 is 2.38 bits per heavy atom. The second-order valence-electron chi connectivity index (χ2n) is 7.16. The minimum absolute atomic E-state index is 0.526. The van der Waals surface area contributed by atoms with Crippen LogP contribution in [0.15, 0.2) is 64.9 Å². The Hall–Kier alpha value is -2.92. The van der Waals surface area contributed by atoms with Gasteiger partial charge in [0.15, 0.2) is 5.76 Å². The molecule has 1 aromatic carbocycles. The van der Waals surface area contributed by atoms with E-state index in [4.69, 9.17) is 9.15 Å². The van der Waals surface area contributed by atoms with Crippen molar-refractivity contribution in [1.29, 1.82) is 0 Å². The van der Waals surface area contributed by atoms with Gasteiger partial charge in [-0.3, -0.25) is 9.88 Å². The molecule has 0 aliphatic heterocycles. The summed E-state index contributed by atoms with van der Waals surface area (Å²) < 4.78 is 11.6. The molecule has 0 spiro atoms. The number of allylic oxidation sites excluding steroid dienone is 1. The largest absolute Gasteiger partial charge is 0.490 e. The van der Waals surface area contributed by atoms with E-state index in [0.29, 0.717) is 18.3 Å². The molecule has 0 N–H and O–H groups in total. The summed E-state index contributed by atoms with van der Waals surface area (Å²) in [4.78, 5) is 11.3. The maximum absolute atomic E-state index is 5.94. The Morgan fingerprint density at radius 1 is 1.00 bits per heavy atom. The van der Waals surface area contributed by atoms with E-state index in [2.05, 4.69) is 54.7 Å². The van der Waals surface area contributed by atoms with Crippen LogP contribution in [0, 0.1) is 0 Å². The molecule has 0 saturated heterocycles. The molecule has 0 saturated carbocycles. The first-order valence-corrected chi connectivity index (χ1v) is 10.1. The van der Waals surface area contributed by atoms with Crippen molar-refractivity contribution in [3.63, 3.8) is 0 Å². The average molecular weight is 392 g/mol. The van der Waals surface area contributed by atoms with Gasteiger partial charge in [0.2, 0.25) is 5.89 Å².